The van der Waals surface area contributed by atoms with Crippen LogP contribution in [0.3, 0.4) is 0 Å². The van der Waals surface area contributed by atoms with Crippen molar-refractivity contribution in [3.63, 3.8) is 0 Å². The fraction of sp³-hybridized carbons (Fsp3) is 0.385. The summed E-state index contributed by atoms with van der Waals surface area (Å²) in [5, 5.41) is 3.34. The summed E-state index contributed by atoms with van der Waals surface area (Å²) in [6.07, 6.45) is 6.26. The Morgan fingerprint density at radius 3 is 2.56 bits per heavy atom. The Morgan fingerprint density at radius 1 is 1.31 bits per heavy atom. The van der Waals surface area contributed by atoms with Crippen molar-refractivity contribution in [2.45, 2.75) is 19.9 Å². The van der Waals surface area contributed by atoms with Gasteiger partial charge in [-0.2, -0.15) is 0 Å². The molecule has 0 saturated heterocycles. The number of ether oxygens (including phenoxy) is 1. The third-order valence-corrected chi connectivity index (χ3v) is 2.00. The van der Waals surface area contributed by atoms with E-state index in [-0.39, 0.29) is 12.4 Å². The summed E-state index contributed by atoms with van der Waals surface area (Å²) in [5.41, 5.74) is 1.26. The minimum Gasteiger partial charge on any atom is -0.481 e. The van der Waals surface area contributed by atoms with Gasteiger partial charge in [0.2, 0.25) is 0 Å². The molecule has 0 radical (unpaired) electrons. The highest BCUT2D eigenvalue weighted by molar-refractivity contribution is 5.85. The average Bonchev–Trinajstić information content (AvgIpc) is 2.28. The van der Waals surface area contributed by atoms with E-state index in [1.54, 1.807) is 0 Å². The van der Waals surface area contributed by atoms with Gasteiger partial charge in [0, 0.05) is 6.54 Å². The molecule has 1 aromatic carbocycles. The lowest BCUT2D eigenvalue weighted by molar-refractivity contribution is 0.370. The second-order valence-corrected chi connectivity index (χ2v) is 3.31. The van der Waals surface area contributed by atoms with E-state index < -0.39 is 0 Å². The lowest BCUT2D eigenvalue weighted by Crippen LogP contribution is -2.13. The van der Waals surface area contributed by atoms with Crippen LogP contribution in [0.5, 0.6) is 5.75 Å². The lowest BCUT2D eigenvalue weighted by atomic mass is 10.2. The Kier molecular flexibility index (Phi) is 8.42. The second kappa shape index (κ2) is 9.08. The molecule has 16 heavy (non-hydrogen) atoms. The molecule has 0 atom stereocenters. The Hall–Kier alpha value is -1.17. The molecule has 0 aliphatic rings. The third-order valence-electron chi connectivity index (χ3n) is 2.00. The van der Waals surface area contributed by atoms with Crippen LogP contribution in [-0.2, 0) is 6.54 Å². The fourth-order valence-corrected chi connectivity index (χ4v) is 1.24. The molecule has 88 valence electrons. The predicted molar refractivity (Wildman–Crippen MR) is 70.0 cm³/mol. The van der Waals surface area contributed by atoms with Gasteiger partial charge in [-0.15, -0.1) is 18.8 Å². The Balaban J connectivity index is 0.00000225. The number of benzene rings is 1. The van der Waals surface area contributed by atoms with Gasteiger partial charge in [-0.05, 0) is 30.7 Å². The van der Waals surface area contributed by atoms with Gasteiger partial charge in [-0.25, -0.2) is 0 Å². The number of rotatable bonds is 6. The molecule has 0 fully saturated rings. The Labute approximate surface area is 104 Å². The molecule has 0 spiro atoms. The monoisotopic (exact) mass is 239 g/mol. The highest BCUT2D eigenvalue weighted by Gasteiger charge is 1.94. The maximum atomic E-state index is 5.28. The highest BCUT2D eigenvalue weighted by Crippen LogP contribution is 2.11. The first kappa shape index (κ1) is 14.8. The molecule has 0 bridgehead atoms. The molecule has 1 aromatic rings. The minimum atomic E-state index is 0. The van der Waals surface area contributed by atoms with Crippen LogP contribution in [0.25, 0.3) is 0 Å². The molecule has 0 heterocycles. The minimum absolute atomic E-state index is 0. The van der Waals surface area contributed by atoms with Crippen LogP contribution in [-0.4, -0.2) is 13.2 Å². The largest absolute Gasteiger partial charge is 0.481 e. The zero-order valence-electron chi connectivity index (χ0n) is 9.53. The lowest BCUT2D eigenvalue weighted by Gasteiger charge is -2.05. The van der Waals surface area contributed by atoms with E-state index in [0.29, 0.717) is 6.61 Å². The molecule has 0 aliphatic heterocycles. The Morgan fingerprint density at radius 2 is 2.00 bits per heavy atom. The smallest absolute Gasteiger partial charge is 0.148 e. The van der Waals surface area contributed by atoms with Gasteiger partial charge in [-0.1, -0.05) is 25.0 Å². The van der Waals surface area contributed by atoms with Crippen molar-refractivity contribution >= 4 is 12.4 Å². The third kappa shape index (κ3) is 5.65. The quantitative estimate of drug-likeness (QED) is 0.609. The molecule has 0 unspecified atom stereocenters. The molecule has 0 aliphatic carbocycles. The molecule has 3 heteroatoms. The van der Waals surface area contributed by atoms with Crippen LogP contribution >= 0.6 is 12.4 Å². The van der Waals surface area contributed by atoms with Gasteiger partial charge in [0.05, 0.1) is 0 Å². The summed E-state index contributed by atoms with van der Waals surface area (Å²) < 4.78 is 5.28. The van der Waals surface area contributed by atoms with E-state index in [0.717, 1.165) is 25.3 Å². The molecule has 0 saturated carbocycles. The number of hydrogen-bond acceptors (Lipinski definition) is 2. The van der Waals surface area contributed by atoms with Gasteiger partial charge < -0.3 is 10.1 Å². The fourth-order valence-electron chi connectivity index (χ4n) is 1.24. The van der Waals surface area contributed by atoms with Crippen LogP contribution in [0, 0.1) is 12.3 Å². The second-order valence-electron chi connectivity index (χ2n) is 3.31. The van der Waals surface area contributed by atoms with E-state index in [2.05, 4.69) is 30.3 Å². The first-order valence-corrected chi connectivity index (χ1v) is 5.22. The van der Waals surface area contributed by atoms with E-state index in [1.807, 2.05) is 12.1 Å². The van der Waals surface area contributed by atoms with Gasteiger partial charge in [0.25, 0.3) is 0 Å². The summed E-state index contributed by atoms with van der Waals surface area (Å²) in [7, 11) is 0. The van der Waals surface area contributed by atoms with Crippen molar-refractivity contribution in [2.75, 3.05) is 13.2 Å². The van der Waals surface area contributed by atoms with Gasteiger partial charge >= 0.3 is 0 Å². The summed E-state index contributed by atoms with van der Waals surface area (Å²) >= 11 is 0. The standard InChI is InChI=1S/C13H17NO.ClH/c1-3-9-14-11-12-5-7-13(8-6-12)15-10-4-2;/h2,5-8,14H,3,9-11H2,1H3;1H. The topological polar surface area (TPSA) is 21.3 Å². The van der Waals surface area contributed by atoms with Gasteiger partial charge in [0.15, 0.2) is 0 Å². The molecule has 0 amide bonds. The maximum Gasteiger partial charge on any atom is 0.148 e. The van der Waals surface area contributed by atoms with Crippen LogP contribution in [0.1, 0.15) is 18.9 Å². The molecule has 2 nitrogen and oxygen atoms in total. The maximum absolute atomic E-state index is 5.28. The molecule has 1 rings (SSSR count). The van der Waals surface area contributed by atoms with Crippen LogP contribution in [0.2, 0.25) is 0 Å². The van der Waals surface area contributed by atoms with Crippen molar-refractivity contribution in [3.05, 3.63) is 29.8 Å². The van der Waals surface area contributed by atoms with Gasteiger partial charge in [0.1, 0.15) is 12.4 Å². The van der Waals surface area contributed by atoms with E-state index >= 15 is 0 Å². The zero-order valence-corrected chi connectivity index (χ0v) is 10.3. The molecular formula is C13H18ClNO. The Bertz CT molecular complexity index is 316. The molecule has 1 N–H and O–H groups in total. The number of halogens is 1. The zero-order chi connectivity index (χ0) is 10.9. The van der Waals surface area contributed by atoms with Crippen LogP contribution < -0.4 is 10.1 Å². The van der Waals surface area contributed by atoms with Crippen molar-refractivity contribution in [1.82, 2.24) is 5.32 Å². The summed E-state index contributed by atoms with van der Waals surface area (Å²) in [6.45, 7) is 4.44. The highest BCUT2D eigenvalue weighted by atomic mass is 35.5. The van der Waals surface area contributed by atoms with Gasteiger partial charge in [-0.3, -0.25) is 0 Å². The van der Waals surface area contributed by atoms with Crippen molar-refractivity contribution < 1.29 is 4.74 Å². The van der Waals surface area contributed by atoms with E-state index in [9.17, 15) is 0 Å². The number of hydrogen-bond donors (Lipinski definition) is 1. The SMILES string of the molecule is C#CCOc1ccc(CNCCC)cc1.Cl. The van der Waals surface area contributed by atoms with Crippen LogP contribution in [0.4, 0.5) is 0 Å². The first-order chi connectivity index (χ1) is 7.36. The number of nitrogens with one attached hydrogen (secondary N) is 1. The summed E-state index contributed by atoms with van der Waals surface area (Å²) in [5.74, 6) is 3.26. The summed E-state index contributed by atoms with van der Waals surface area (Å²) in [6, 6.07) is 7.99. The normalized spacial score (nSPS) is 9.00. The first-order valence-electron chi connectivity index (χ1n) is 5.22. The van der Waals surface area contributed by atoms with Crippen LogP contribution in [0.15, 0.2) is 24.3 Å². The average molecular weight is 240 g/mol. The van der Waals surface area contributed by atoms with E-state index in [1.165, 1.54) is 5.56 Å². The summed E-state index contributed by atoms with van der Waals surface area (Å²) in [4.78, 5) is 0. The van der Waals surface area contributed by atoms with E-state index in [4.69, 9.17) is 11.2 Å². The molecular weight excluding hydrogens is 222 g/mol. The predicted octanol–water partition coefficient (Wildman–Crippen LogP) is 2.62. The number of terminal acetylenes is 1. The van der Waals surface area contributed by atoms with Crippen molar-refractivity contribution in [2.24, 2.45) is 0 Å². The van der Waals surface area contributed by atoms with Crippen molar-refractivity contribution in [1.29, 1.82) is 0 Å². The molecule has 0 aromatic heterocycles. The van der Waals surface area contributed by atoms with Crippen molar-refractivity contribution in [3.8, 4) is 18.1 Å².